The maximum atomic E-state index is 12.1. The molecule has 0 bridgehead atoms. The molecule has 2 aliphatic rings. The SMILES string of the molecule is C=CCOC[C@@]12CCCO[C@H]1CCN(S(=O)(=O)CC)C2. The van der Waals surface area contributed by atoms with Crippen LogP contribution in [0.2, 0.25) is 0 Å². The first-order valence-electron chi connectivity index (χ1n) is 7.32. The molecule has 2 rings (SSSR count). The quantitative estimate of drug-likeness (QED) is 0.550. The molecular formula is C14H25NO4S. The number of ether oxygens (including phenoxy) is 2. The Morgan fingerprint density at radius 1 is 1.55 bits per heavy atom. The molecule has 0 aromatic carbocycles. The zero-order valence-electron chi connectivity index (χ0n) is 12.2. The van der Waals surface area contributed by atoms with Crippen molar-refractivity contribution >= 4 is 10.0 Å². The molecule has 0 radical (unpaired) electrons. The third-order valence-electron chi connectivity index (χ3n) is 4.34. The summed E-state index contributed by atoms with van der Waals surface area (Å²) in [7, 11) is -3.14. The van der Waals surface area contributed by atoms with E-state index in [9.17, 15) is 8.42 Å². The first-order valence-corrected chi connectivity index (χ1v) is 8.93. The summed E-state index contributed by atoms with van der Waals surface area (Å²) in [6, 6.07) is 0. The molecule has 0 N–H and O–H groups in total. The van der Waals surface area contributed by atoms with Crippen LogP contribution in [0.15, 0.2) is 12.7 Å². The average molecular weight is 303 g/mol. The van der Waals surface area contributed by atoms with Crippen molar-refractivity contribution in [2.45, 2.75) is 32.3 Å². The summed E-state index contributed by atoms with van der Waals surface area (Å²) in [5.41, 5.74) is -0.193. The number of sulfonamides is 1. The smallest absolute Gasteiger partial charge is 0.213 e. The van der Waals surface area contributed by atoms with Gasteiger partial charge in [-0.2, -0.15) is 0 Å². The van der Waals surface area contributed by atoms with E-state index in [1.165, 1.54) is 0 Å². The highest BCUT2D eigenvalue weighted by Gasteiger charge is 2.48. The van der Waals surface area contributed by atoms with Gasteiger partial charge in [-0.25, -0.2) is 12.7 Å². The minimum absolute atomic E-state index is 0.115. The van der Waals surface area contributed by atoms with Crippen molar-refractivity contribution in [2.75, 3.05) is 38.7 Å². The highest BCUT2D eigenvalue weighted by molar-refractivity contribution is 7.89. The first-order chi connectivity index (χ1) is 9.54. The zero-order valence-corrected chi connectivity index (χ0v) is 13.0. The van der Waals surface area contributed by atoms with E-state index in [4.69, 9.17) is 9.47 Å². The second kappa shape index (κ2) is 6.56. The molecular weight excluding hydrogens is 278 g/mol. The molecule has 0 saturated carbocycles. The van der Waals surface area contributed by atoms with Gasteiger partial charge in [-0.05, 0) is 26.2 Å². The Hall–Kier alpha value is -0.430. The van der Waals surface area contributed by atoms with Gasteiger partial charge in [0.05, 0.1) is 25.1 Å². The predicted octanol–water partition coefficient (Wildman–Crippen LogP) is 1.41. The Labute approximate surface area is 122 Å². The molecule has 2 fully saturated rings. The van der Waals surface area contributed by atoms with Crippen molar-refractivity contribution in [3.63, 3.8) is 0 Å². The Morgan fingerprint density at radius 3 is 3.05 bits per heavy atom. The van der Waals surface area contributed by atoms with Gasteiger partial charge >= 0.3 is 0 Å². The number of nitrogens with zero attached hydrogens (tertiary/aromatic N) is 1. The van der Waals surface area contributed by atoms with Crippen LogP contribution in [0.3, 0.4) is 0 Å². The van der Waals surface area contributed by atoms with Crippen molar-refractivity contribution in [3.05, 3.63) is 12.7 Å². The topological polar surface area (TPSA) is 55.8 Å². The van der Waals surface area contributed by atoms with Crippen molar-refractivity contribution in [2.24, 2.45) is 5.41 Å². The molecule has 0 aromatic heterocycles. The Kier molecular flexibility index (Phi) is 5.23. The number of hydrogen-bond donors (Lipinski definition) is 0. The molecule has 0 unspecified atom stereocenters. The Morgan fingerprint density at radius 2 is 2.35 bits per heavy atom. The van der Waals surface area contributed by atoms with Gasteiger partial charge in [-0.3, -0.25) is 0 Å². The fourth-order valence-corrected chi connectivity index (χ4v) is 4.43. The van der Waals surface area contributed by atoms with E-state index in [0.29, 0.717) is 26.3 Å². The number of piperidine rings is 1. The molecule has 116 valence electrons. The highest BCUT2D eigenvalue weighted by atomic mass is 32.2. The number of rotatable bonds is 6. The molecule has 6 heteroatoms. The van der Waals surface area contributed by atoms with Gasteiger partial charge in [-0.1, -0.05) is 6.08 Å². The van der Waals surface area contributed by atoms with E-state index in [2.05, 4.69) is 6.58 Å². The monoisotopic (exact) mass is 303 g/mol. The minimum Gasteiger partial charge on any atom is -0.377 e. The van der Waals surface area contributed by atoms with E-state index in [1.54, 1.807) is 17.3 Å². The second-order valence-corrected chi connectivity index (χ2v) is 7.91. The summed E-state index contributed by atoms with van der Waals surface area (Å²) >= 11 is 0. The lowest BCUT2D eigenvalue weighted by atomic mass is 9.73. The van der Waals surface area contributed by atoms with Crippen LogP contribution < -0.4 is 0 Å². The van der Waals surface area contributed by atoms with E-state index in [-0.39, 0.29) is 17.3 Å². The van der Waals surface area contributed by atoms with Gasteiger partial charge in [0.1, 0.15) is 0 Å². The molecule has 0 aromatic rings. The van der Waals surface area contributed by atoms with Crippen LogP contribution in [0.1, 0.15) is 26.2 Å². The summed E-state index contributed by atoms with van der Waals surface area (Å²) in [4.78, 5) is 0. The standard InChI is InChI=1S/C14H25NO4S/c1-3-9-18-12-14-7-5-10-19-13(14)6-8-15(11-14)20(16,17)4-2/h3,13H,1,4-12H2,2H3/t13-,14-/m0/s1. The van der Waals surface area contributed by atoms with Gasteiger partial charge in [0, 0.05) is 25.1 Å². The average Bonchev–Trinajstić information content (AvgIpc) is 2.47. The maximum Gasteiger partial charge on any atom is 0.213 e. The zero-order chi connectivity index (χ0) is 14.6. The Balaban J connectivity index is 2.14. The molecule has 0 spiro atoms. The van der Waals surface area contributed by atoms with Gasteiger partial charge in [0.2, 0.25) is 10.0 Å². The van der Waals surface area contributed by atoms with Gasteiger partial charge in [0.25, 0.3) is 0 Å². The molecule has 5 nitrogen and oxygen atoms in total. The largest absolute Gasteiger partial charge is 0.377 e. The van der Waals surface area contributed by atoms with Crippen molar-refractivity contribution in [1.82, 2.24) is 4.31 Å². The molecule has 0 amide bonds. The lowest BCUT2D eigenvalue weighted by Gasteiger charge is -2.49. The highest BCUT2D eigenvalue weighted by Crippen LogP contribution is 2.41. The predicted molar refractivity (Wildman–Crippen MR) is 78.1 cm³/mol. The molecule has 2 aliphatic heterocycles. The van der Waals surface area contributed by atoms with Gasteiger partial charge in [0.15, 0.2) is 0 Å². The fraction of sp³-hybridized carbons (Fsp3) is 0.857. The van der Waals surface area contributed by atoms with Crippen molar-refractivity contribution in [3.8, 4) is 0 Å². The van der Waals surface area contributed by atoms with Crippen LogP contribution in [0, 0.1) is 5.41 Å². The fourth-order valence-electron chi connectivity index (χ4n) is 3.23. The maximum absolute atomic E-state index is 12.1. The van der Waals surface area contributed by atoms with Crippen molar-refractivity contribution < 1.29 is 17.9 Å². The van der Waals surface area contributed by atoms with E-state index in [1.807, 2.05) is 0 Å². The molecule has 2 heterocycles. The summed E-state index contributed by atoms with van der Waals surface area (Å²) in [5.74, 6) is 0.155. The van der Waals surface area contributed by atoms with Crippen LogP contribution in [0.4, 0.5) is 0 Å². The third-order valence-corrected chi connectivity index (χ3v) is 6.16. The molecule has 20 heavy (non-hydrogen) atoms. The Bertz CT molecular complexity index is 436. The summed E-state index contributed by atoms with van der Waals surface area (Å²) in [6.07, 6.45) is 4.53. The van der Waals surface area contributed by atoms with Crippen molar-refractivity contribution in [1.29, 1.82) is 0 Å². The number of hydrogen-bond acceptors (Lipinski definition) is 4. The summed E-state index contributed by atoms with van der Waals surface area (Å²) in [5, 5.41) is 0. The third kappa shape index (κ3) is 3.24. The van der Waals surface area contributed by atoms with E-state index < -0.39 is 10.0 Å². The van der Waals surface area contributed by atoms with Gasteiger partial charge < -0.3 is 9.47 Å². The van der Waals surface area contributed by atoms with E-state index in [0.717, 1.165) is 25.9 Å². The van der Waals surface area contributed by atoms with Crippen LogP contribution in [0.25, 0.3) is 0 Å². The van der Waals surface area contributed by atoms with Gasteiger partial charge in [-0.15, -0.1) is 6.58 Å². The molecule has 2 saturated heterocycles. The molecule has 2 atom stereocenters. The minimum atomic E-state index is -3.14. The number of fused-ring (bicyclic) bond motifs is 1. The second-order valence-electron chi connectivity index (χ2n) is 5.65. The molecule has 0 aliphatic carbocycles. The normalized spacial score (nSPS) is 31.8. The van der Waals surface area contributed by atoms with Crippen LogP contribution in [-0.4, -0.2) is 57.5 Å². The van der Waals surface area contributed by atoms with Crippen LogP contribution in [0.5, 0.6) is 0 Å². The summed E-state index contributed by atoms with van der Waals surface area (Å²) < 4.78 is 37.4. The lowest BCUT2D eigenvalue weighted by molar-refractivity contribution is -0.140. The summed E-state index contributed by atoms with van der Waals surface area (Å²) in [6.45, 7) is 8.23. The first kappa shape index (κ1) is 15.9. The van der Waals surface area contributed by atoms with Crippen LogP contribution >= 0.6 is 0 Å². The lowest BCUT2D eigenvalue weighted by Crippen LogP contribution is -2.58. The van der Waals surface area contributed by atoms with Crippen LogP contribution in [-0.2, 0) is 19.5 Å². The van der Waals surface area contributed by atoms with E-state index >= 15 is 0 Å².